The Morgan fingerprint density at radius 3 is 3.00 bits per heavy atom. The maximum absolute atomic E-state index is 11.8. The van der Waals surface area contributed by atoms with Crippen LogP contribution < -0.4 is 11.1 Å². The molecular formula is C14H17N3O2S. The maximum atomic E-state index is 11.8. The minimum Gasteiger partial charge on any atom is -0.462 e. The molecule has 0 aliphatic rings. The molecule has 1 aromatic heterocycles. The van der Waals surface area contributed by atoms with E-state index in [9.17, 15) is 4.79 Å². The summed E-state index contributed by atoms with van der Waals surface area (Å²) < 4.78 is 8.99. The lowest BCUT2D eigenvalue weighted by atomic mass is 10.1. The van der Waals surface area contributed by atoms with E-state index in [4.69, 9.17) is 10.5 Å². The lowest BCUT2D eigenvalue weighted by Gasteiger charge is -2.07. The van der Waals surface area contributed by atoms with Gasteiger partial charge in [-0.3, -0.25) is 0 Å². The molecule has 0 radical (unpaired) electrons. The van der Waals surface area contributed by atoms with Gasteiger partial charge in [-0.05, 0) is 30.9 Å². The van der Waals surface area contributed by atoms with Crippen molar-refractivity contribution in [2.24, 2.45) is 0 Å². The van der Waals surface area contributed by atoms with Crippen LogP contribution in [0, 0.1) is 6.92 Å². The van der Waals surface area contributed by atoms with Crippen LogP contribution >= 0.6 is 11.5 Å². The molecule has 6 heteroatoms. The summed E-state index contributed by atoms with van der Waals surface area (Å²) in [6, 6.07) is 8.15. The van der Waals surface area contributed by atoms with E-state index >= 15 is 0 Å². The Bertz CT molecular complexity index is 610. The van der Waals surface area contributed by atoms with E-state index in [1.165, 1.54) is 17.1 Å². The Kier molecular flexibility index (Phi) is 4.57. The van der Waals surface area contributed by atoms with Crippen LogP contribution in [-0.4, -0.2) is 16.9 Å². The van der Waals surface area contributed by atoms with Crippen LogP contribution in [0.5, 0.6) is 0 Å². The second kappa shape index (κ2) is 6.38. The van der Waals surface area contributed by atoms with Crippen molar-refractivity contribution in [3.63, 3.8) is 0 Å². The number of esters is 1. The van der Waals surface area contributed by atoms with Gasteiger partial charge >= 0.3 is 5.97 Å². The number of nitrogens with one attached hydrogen (secondary N) is 1. The average Bonchev–Trinajstić information content (AvgIpc) is 2.78. The summed E-state index contributed by atoms with van der Waals surface area (Å²) in [5, 5.41) is 3.83. The Morgan fingerprint density at radius 2 is 2.30 bits per heavy atom. The van der Waals surface area contributed by atoms with Crippen LogP contribution in [0.2, 0.25) is 0 Å². The van der Waals surface area contributed by atoms with Gasteiger partial charge in [0.25, 0.3) is 0 Å². The molecule has 2 aromatic rings. The number of rotatable bonds is 5. The first kappa shape index (κ1) is 14.3. The standard InChI is InChI=1S/C14H17N3O2S/c1-3-19-14(18)11-12(15)17-20-13(11)16-8-10-6-4-5-9(2)7-10/h4-7,16H,3,8H2,1-2H3,(H2,15,17). The molecule has 0 saturated carbocycles. The van der Waals surface area contributed by atoms with E-state index < -0.39 is 5.97 Å². The van der Waals surface area contributed by atoms with E-state index in [1.807, 2.05) is 25.1 Å². The number of nitrogens with zero attached hydrogens (tertiary/aromatic N) is 1. The zero-order valence-corrected chi connectivity index (χ0v) is 12.3. The third kappa shape index (κ3) is 3.27. The van der Waals surface area contributed by atoms with Gasteiger partial charge < -0.3 is 15.8 Å². The summed E-state index contributed by atoms with van der Waals surface area (Å²) in [4.78, 5) is 11.8. The predicted octanol–water partition coefficient (Wildman–Crippen LogP) is 2.82. The summed E-state index contributed by atoms with van der Waals surface area (Å²) in [6.45, 7) is 4.72. The minimum absolute atomic E-state index is 0.209. The maximum Gasteiger partial charge on any atom is 0.344 e. The Hall–Kier alpha value is -2.08. The summed E-state index contributed by atoms with van der Waals surface area (Å²) >= 11 is 1.17. The number of carbonyl (C=O) groups excluding carboxylic acids is 1. The minimum atomic E-state index is -0.439. The third-order valence-corrected chi connectivity index (χ3v) is 3.55. The number of nitrogen functional groups attached to an aromatic ring is 1. The number of hydrogen-bond acceptors (Lipinski definition) is 6. The van der Waals surface area contributed by atoms with Crippen LogP contribution in [0.3, 0.4) is 0 Å². The van der Waals surface area contributed by atoms with Gasteiger partial charge in [0, 0.05) is 6.54 Å². The smallest absolute Gasteiger partial charge is 0.344 e. The van der Waals surface area contributed by atoms with E-state index in [-0.39, 0.29) is 5.82 Å². The lowest BCUT2D eigenvalue weighted by molar-refractivity contribution is 0.0529. The number of aryl methyl sites for hydroxylation is 1. The van der Waals surface area contributed by atoms with Gasteiger partial charge in [-0.1, -0.05) is 29.8 Å². The Labute approximate surface area is 121 Å². The second-order valence-electron chi connectivity index (χ2n) is 4.34. The first-order valence-electron chi connectivity index (χ1n) is 6.33. The molecule has 1 aromatic carbocycles. The van der Waals surface area contributed by atoms with Crippen LogP contribution in [0.25, 0.3) is 0 Å². The summed E-state index contributed by atoms with van der Waals surface area (Å²) in [5.41, 5.74) is 8.37. The third-order valence-electron chi connectivity index (χ3n) is 2.73. The van der Waals surface area contributed by atoms with Gasteiger partial charge in [-0.15, -0.1) is 0 Å². The average molecular weight is 291 g/mol. The monoisotopic (exact) mass is 291 g/mol. The van der Waals surface area contributed by atoms with Crippen LogP contribution in [0.1, 0.15) is 28.4 Å². The van der Waals surface area contributed by atoms with Crippen molar-refractivity contribution < 1.29 is 9.53 Å². The van der Waals surface area contributed by atoms with Crippen molar-refractivity contribution in [1.82, 2.24) is 4.37 Å². The largest absolute Gasteiger partial charge is 0.462 e. The first-order chi connectivity index (χ1) is 9.61. The Balaban J connectivity index is 2.12. The molecule has 0 spiro atoms. The molecule has 2 rings (SSSR count). The second-order valence-corrected chi connectivity index (χ2v) is 5.11. The molecule has 0 bridgehead atoms. The number of nitrogens with two attached hydrogens (primary N) is 1. The molecule has 0 saturated heterocycles. The SMILES string of the molecule is CCOC(=O)c1c(N)nsc1NCc1cccc(C)c1. The van der Waals surface area contributed by atoms with E-state index in [2.05, 4.69) is 15.8 Å². The fourth-order valence-corrected chi connectivity index (χ4v) is 2.52. The van der Waals surface area contributed by atoms with Crippen molar-refractivity contribution in [1.29, 1.82) is 0 Å². The van der Waals surface area contributed by atoms with Crippen LogP contribution in [0.4, 0.5) is 10.8 Å². The first-order valence-corrected chi connectivity index (χ1v) is 7.10. The van der Waals surface area contributed by atoms with Crippen molar-refractivity contribution in [3.05, 3.63) is 41.0 Å². The van der Waals surface area contributed by atoms with Gasteiger partial charge in [0.2, 0.25) is 0 Å². The van der Waals surface area contributed by atoms with Crippen molar-refractivity contribution in [3.8, 4) is 0 Å². The number of anilines is 2. The van der Waals surface area contributed by atoms with Gasteiger partial charge in [-0.2, -0.15) is 4.37 Å². The normalized spacial score (nSPS) is 10.3. The van der Waals surface area contributed by atoms with Gasteiger partial charge in [-0.25, -0.2) is 4.79 Å². The molecule has 0 unspecified atom stereocenters. The summed E-state index contributed by atoms with van der Waals surface area (Å²) in [7, 11) is 0. The molecule has 1 heterocycles. The van der Waals surface area contributed by atoms with Gasteiger partial charge in [0.15, 0.2) is 5.82 Å². The van der Waals surface area contributed by atoms with Crippen LogP contribution in [-0.2, 0) is 11.3 Å². The van der Waals surface area contributed by atoms with E-state index in [0.717, 1.165) is 5.56 Å². The fraction of sp³-hybridized carbons (Fsp3) is 0.286. The van der Waals surface area contributed by atoms with Crippen molar-refractivity contribution >= 4 is 28.3 Å². The van der Waals surface area contributed by atoms with Crippen molar-refractivity contribution in [2.45, 2.75) is 20.4 Å². The lowest BCUT2D eigenvalue weighted by Crippen LogP contribution is -2.10. The summed E-state index contributed by atoms with van der Waals surface area (Å²) in [6.07, 6.45) is 0. The molecule has 3 N–H and O–H groups in total. The molecule has 0 aliphatic carbocycles. The van der Waals surface area contributed by atoms with Gasteiger partial charge in [0.1, 0.15) is 10.6 Å². The Morgan fingerprint density at radius 1 is 1.50 bits per heavy atom. The van der Waals surface area contributed by atoms with Crippen LogP contribution in [0.15, 0.2) is 24.3 Å². The van der Waals surface area contributed by atoms with E-state index in [0.29, 0.717) is 23.7 Å². The predicted molar refractivity (Wildman–Crippen MR) is 81.0 cm³/mol. The van der Waals surface area contributed by atoms with E-state index in [1.54, 1.807) is 6.92 Å². The highest BCUT2D eigenvalue weighted by molar-refractivity contribution is 7.11. The van der Waals surface area contributed by atoms with Crippen molar-refractivity contribution in [2.75, 3.05) is 17.7 Å². The molecule has 20 heavy (non-hydrogen) atoms. The number of ether oxygens (including phenoxy) is 1. The highest BCUT2D eigenvalue weighted by atomic mass is 32.1. The highest BCUT2D eigenvalue weighted by Gasteiger charge is 2.20. The fourth-order valence-electron chi connectivity index (χ4n) is 1.83. The highest BCUT2D eigenvalue weighted by Crippen LogP contribution is 2.28. The van der Waals surface area contributed by atoms with Gasteiger partial charge in [0.05, 0.1) is 6.61 Å². The number of aromatic nitrogens is 1. The zero-order valence-electron chi connectivity index (χ0n) is 11.5. The molecule has 5 nitrogen and oxygen atoms in total. The zero-order chi connectivity index (χ0) is 14.5. The molecular weight excluding hydrogens is 274 g/mol. The number of carbonyl (C=O) groups is 1. The molecule has 106 valence electrons. The molecule has 0 amide bonds. The molecule has 0 fully saturated rings. The topological polar surface area (TPSA) is 77.2 Å². The molecule has 0 aliphatic heterocycles. The summed E-state index contributed by atoms with van der Waals surface area (Å²) in [5.74, 6) is -0.231. The number of benzene rings is 1. The quantitative estimate of drug-likeness (QED) is 0.828. The number of hydrogen-bond donors (Lipinski definition) is 2. The molecule has 0 atom stereocenters.